The lowest BCUT2D eigenvalue weighted by Gasteiger charge is -2.31. The van der Waals surface area contributed by atoms with Crippen LogP contribution in [0.2, 0.25) is 0 Å². The predicted octanol–water partition coefficient (Wildman–Crippen LogP) is 2.36. The quantitative estimate of drug-likeness (QED) is 0.495. The Kier molecular flexibility index (Phi) is 6.01. The smallest absolute Gasteiger partial charge is 0.409 e. The maximum Gasteiger partial charge on any atom is 0.409 e. The van der Waals surface area contributed by atoms with E-state index in [0.717, 1.165) is 0 Å². The number of hydrogen-bond donors (Lipinski definition) is 1. The number of benzene rings is 1. The maximum atomic E-state index is 13.8. The van der Waals surface area contributed by atoms with Crippen LogP contribution in [0.5, 0.6) is 0 Å². The molecule has 26 heavy (non-hydrogen) atoms. The molecule has 142 valence electrons. The number of hydrogen-bond acceptors (Lipinski definition) is 5. The van der Waals surface area contributed by atoms with Crippen LogP contribution in [0.4, 0.5) is 23.7 Å². The molecule has 0 atom stereocenters. The van der Waals surface area contributed by atoms with Gasteiger partial charge in [0.05, 0.1) is 17.1 Å². The van der Waals surface area contributed by atoms with E-state index in [1.165, 1.54) is 4.90 Å². The average Bonchev–Trinajstić information content (AvgIpc) is 2.60. The summed E-state index contributed by atoms with van der Waals surface area (Å²) in [5, 5.41) is 13.1. The normalized spacial score (nSPS) is 14.8. The first-order valence-electron chi connectivity index (χ1n) is 7.80. The SMILES string of the molecule is CCOC(=O)N1CCC(NC(=O)c2cc([N+](=O)[O-])c(F)c(F)c2F)CC1. The van der Waals surface area contributed by atoms with Crippen molar-refractivity contribution >= 4 is 17.7 Å². The second-order valence-electron chi connectivity index (χ2n) is 5.58. The Hall–Kier alpha value is -2.85. The molecule has 11 heteroatoms. The minimum atomic E-state index is -2.08. The summed E-state index contributed by atoms with van der Waals surface area (Å²) < 4.78 is 45.5. The molecule has 0 radical (unpaired) electrons. The number of halogens is 3. The second-order valence-corrected chi connectivity index (χ2v) is 5.58. The number of carbonyl (C=O) groups is 2. The standard InChI is InChI=1S/C15H16F3N3O5/c1-2-26-15(23)20-5-3-8(4-6-20)19-14(22)9-7-10(21(24)25)12(17)13(18)11(9)16/h7-8H,2-6H2,1H3,(H,19,22). The Labute approximate surface area is 146 Å². The highest BCUT2D eigenvalue weighted by Crippen LogP contribution is 2.25. The Morgan fingerprint density at radius 2 is 1.88 bits per heavy atom. The van der Waals surface area contributed by atoms with Gasteiger partial charge in [-0.3, -0.25) is 14.9 Å². The van der Waals surface area contributed by atoms with Gasteiger partial charge in [0.15, 0.2) is 5.82 Å². The molecule has 1 aromatic carbocycles. The van der Waals surface area contributed by atoms with Gasteiger partial charge in [0.25, 0.3) is 5.91 Å². The molecule has 1 aromatic rings. The summed E-state index contributed by atoms with van der Waals surface area (Å²) in [4.78, 5) is 34.6. The van der Waals surface area contributed by atoms with Gasteiger partial charge in [-0.2, -0.15) is 4.39 Å². The zero-order chi connectivity index (χ0) is 19.4. The van der Waals surface area contributed by atoms with E-state index >= 15 is 0 Å². The van der Waals surface area contributed by atoms with E-state index in [4.69, 9.17) is 4.74 Å². The third-order valence-corrected chi connectivity index (χ3v) is 3.93. The second kappa shape index (κ2) is 8.02. The average molecular weight is 375 g/mol. The van der Waals surface area contributed by atoms with Gasteiger partial charge in [-0.25, -0.2) is 13.6 Å². The van der Waals surface area contributed by atoms with Crippen LogP contribution in [0.1, 0.15) is 30.1 Å². The lowest BCUT2D eigenvalue weighted by Crippen LogP contribution is -2.46. The van der Waals surface area contributed by atoms with Crippen molar-refractivity contribution in [3.8, 4) is 0 Å². The molecule has 1 N–H and O–H groups in total. The van der Waals surface area contributed by atoms with Crippen molar-refractivity contribution in [2.45, 2.75) is 25.8 Å². The predicted molar refractivity (Wildman–Crippen MR) is 82.1 cm³/mol. The third kappa shape index (κ3) is 4.03. The molecular formula is C15H16F3N3O5. The number of piperidine rings is 1. The van der Waals surface area contributed by atoms with Crippen LogP contribution < -0.4 is 5.32 Å². The first-order valence-corrected chi connectivity index (χ1v) is 7.80. The van der Waals surface area contributed by atoms with Crippen molar-refractivity contribution in [3.05, 3.63) is 39.2 Å². The molecule has 1 aliphatic rings. The van der Waals surface area contributed by atoms with Crippen molar-refractivity contribution in [2.75, 3.05) is 19.7 Å². The number of likely N-dealkylation sites (tertiary alicyclic amines) is 1. The fourth-order valence-electron chi connectivity index (χ4n) is 2.57. The molecule has 2 amide bonds. The number of nitro benzene ring substituents is 1. The minimum Gasteiger partial charge on any atom is -0.450 e. The number of ether oxygens (including phenoxy) is 1. The lowest BCUT2D eigenvalue weighted by molar-refractivity contribution is -0.387. The van der Waals surface area contributed by atoms with Gasteiger partial charge >= 0.3 is 11.8 Å². The number of carbonyl (C=O) groups excluding carboxylic acids is 2. The van der Waals surface area contributed by atoms with Gasteiger partial charge in [-0.1, -0.05) is 0 Å². The van der Waals surface area contributed by atoms with Gasteiger partial charge in [-0.15, -0.1) is 0 Å². The summed E-state index contributed by atoms with van der Waals surface area (Å²) in [6.45, 7) is 2.46. The van der Waals surface area contributed by atoms with Gasteiger partial charge in [-0.05, 0) is 19.8 Å². The van der Waals surface area contributed by atoms with Crippen molar-refractivity contribution in [2.24, 2.45) is 0 Å². The van der Waals surface area contributed by atoms with Gasteiger partial charge in [0.2, 0.25) is 11.6 Å². The summed E-state index contributed by atoms with van der Waals surface area (Å²) in [5.41, 5.74) is -2.28. The zero-order valence-electron chi connectivity index (χ0n) is 13.8. The monoisotopic (exact) mass is 375 g/mol. The van der Waals surface area contributed by atoms with Gasteiger partial charge in [0.1, 0.15) is 0 Å². The number of rotatable bonds is 4. The molecule has 0 saturated carbocycles. The van der Waals surface area contributed by atoms with Crippen LogP contribution in [0, 0.1) is 27.6 Å². The van der Waals surface area contributed by atoms with Crippen LogP contribution in [0.3, 0.4) is 0 Å². The van der Waals surface area contributed by atoms with E-state index in [1.54, 1.807) is 6.92 Å². The highest BCUT2D eigenvalue weighted by atomic mass is 19.2. The summed E-state index contributed by atoms with van der Waals surface area (Å²) >= 11 is 0. The fraction of sp³-hybridized carbons (Fsp3) is 0.467. The number of nitro groups is 1. The van der Waals surface area contributed by atoms with Crippen LogP contribution in [-0.2, 0) is 4.74 Å². The Bertz CT molecular complexity index is 736. The lowest BCUT2D eigenvalue weighted by atomic mass is 10.0. The Morgan fingerprint density at radius 3 is 2.42 bits per heavy atom. The van der Waals surface area contributed by atoms with Crippen LogP contribution in [0.15, 0.2) is 6.07 Å². The minimum absolute atomic E-state index is 0.226. The summed E-state index contributed by atoms with van der Waals surface area (Å²) in [5.74, 6) is -6.94. The molecule has 0 bridgehead atoms. The fourth-order valence-corrected chi connectivity index (χ4v) is 2.57. The van der Waals surface area contributed by atoms with E-state index in [9.17, 15) is 32.9 Å². The highest BCUT2D eigenvalue weighted by Gasteiger charge is 2.30. The van der Waals surface area contributed by atoms with Crippen molar-refractivity contribution < 1.29 is 32.4 Å². The number of nitrogens with zero attached hydrogens (tertiary/aromatic N) is 2. The molecule has 0 unspecified atom stereocenters. The van der Waals surface area contributed by atoms with E-state index in [-0.39, 0.29) is 19.7 Å². The molecule has 1 saturated heterocycles. The Balaban J connectivity index is 2.07. The topological polar surface area (TPSA) is 102 Å². The molecule has 8 nitrogen and oxygen atoms in total. The van der Waals surface area contributed by atoms with E-state index < -0.39 is 51.7 Å². The highest BCUT2D eigenvalue weighted by molar-refractivity contribution is 5.95. The number of amides is 2. The van der Waals surface area contributed by atoms with Gasteiger partial charge in [0, 0.05) is 25.2 Å². The van der Waals surface area contributed by atoms with Crippen molar-refractivity contribution in [1.29, 1.82) is 0 Å². The summed E-state index contributed by atoms with van der Waals surface area (Å²) in [6.07, 6.45) is 0.176. The molecule has 0 spiro atoms. The molecule has 1 aliphatic heterocycles. The summed E-state index contributed by atoms with van der Waals surface area (Å²) in [7, 11) is 0. The molecule has 1 fully saturated rings. The molecule has 0 aromatic heterocycles. The van der Waals surface area contributed by atoms with E-state index in [0.29, 0.717) is 18.9 Å². The molecular weight excluding hydrogens is 359 g/mol. The van der Waals surface area contributed by atoms with E-state index in [2.05, 4.69) is 5.32 Å². The molecule has 0 aliphatic carbocycles. The largest absolute Gasteiger partial charge is 0.450 e. The first-order chi connectivity index (χ1) is 12.3. The zero-order valence-corrected chi connectivity index (χ0v) is 13.8. The third-order valence-electron chi connectivity index (χ3n) is 3.93. The summed E-state index contributed by atoms with van der Waals surface area (Å²) in [6, 6.07) is -0.101. The first kappa shape index (κ1) is 19.5. The van der Waals surface area contributed by atoms with Gasteiger partial charge < -0.3 is 15.0 Å². The maximum absolute atomic E-state index is 13.8. The van der Waals surface area contributed by atoms with Crippen molar-refractivity contribution in [1.82, 2.24) is 10.2 Å². The van der Waals surface area contributed by atoms with Crippen LogP contribution in [-0.4, -0.2) is 47.6 Å². The Morgan fingerprint density at radius 1 is 1.27 bits per heavy atom. The van der Waals surface area contributed by atoms with E-state index in [1.807, 2.05) is 0 Å². The van der Waals surface area contributed by atoms with Crippen LogP contribution >= 0.6 is 0 Å². The molecule has 1 heterocycles. The van der Waals surface area contributed by atoms with Crippen molar-refractivity contribution in [3.63, 3.8) is 0 Å². The molecule has 2 rings (SSSR count). The number of nitrogens with one attached hydrogen (secondary N) is 1. The van der Waals surface area contributed by atoms with Crippen LogP contribution in [0.25, 0.3) is 0 Å².